The number of rotatable bonds is 8. The van der Waals surface area contributed by atoms with Gasteiger partial charge in [-0.2, -0.15) is 0 Å². The number of nitrogens with zero attached hydrogens (tertiary/aromatic N) is 2. The van der Waals surface area contributed by atoms with Gasteiger partial charge in [-0.3, -0.25) is 4.79 Å². The molecule has 2 atom stereocenters. The second-order valence-corrected chi connectivity index (χ2v) is 6.57. The molecule has 0 saturated carbocycles. The second kappa shape index (κ2) is 9.22. The van der Waals surface area contributed by atoms with Crippen molar-refractivity contribution >= 4 is 18.0 Å². The van der Waals surface area contributed by atoms with Gasteiger partial charge in [0.05, 0.1) is 5.92 Å². The Hall–Kier alpha value is -2.57. The maximum Gasteiger partial charge on any atom is 0.326 e. The lowest BCUT2D eigenvalue weighted by Crippen LogP contribution is -2.49. The third kappa shape index (κ3) is 4.97. The van der Waals surface area contributed by atoms with Crippen molar-refractivity contribution in [2.75, 3.05) is 19.6 Å². The molecule has 1 fully saturated rings. The van der Waals surface area contributed by atoms with E-state index in [1.54, 1.807) is 6.92 Å². The second-order valence-electron chi connectivity index (χ2n) is 6.57. The van der Waals surface area contributed by atoms with E-state index in [4.69, 9.17) is 0 Å². The van der Waals surface area contributed by atoms with Gasteiger partial charge in [-0.25, -0.2) is 9.59 Å². The molecule has 0 bridgehead atoms. The summed E-state index contributed by atoms with van der Waals surface area (Å²) in [5.41, 5.74) is 1.05. The van der Waals surface area contributed by atoms with E-state index in [2.05, 4.69) is 0 Å². The molecule has 2 amide bonds. The summed E-state index contributed by atoms with van der Waals surface area (Å²) < 4.78 is 0. The van der Waals surface area contributed by atoms with Gasteiger partial charge < -0.3 is 20.0 Å². The van der Waals surface area contributed by atoms with Crippen molar-refractivity contribution in [3.05, 3.63) is 35.9 Å². The van der Waals surface area contributed by atoms with Crippen LogP contribution in [-0.2, 0) is 16.0 Å². The van der Waals surface area contributed by atoms with E-state index in [-0.39, 0.29) is 12.6 Å². The Morgan fingerprint density at radius 1 is 1.23 bits per heavy atom. The zero-order chi connectivity index (χ0) is 19.1. The third-order valence-corrected chi connectivity index (χ3v) is 4.85. The van der Waals surface area contributed by atoms with Gasteiger partial charge in [-0.15, -0.1) is 0 Å². The summed E-state index contributed by atoms with van der Waals surface area (Å²) in [6.45, 7) is 2.60. The van der Waals surface area contributed by atoms with Crippen molar-refractivity contribution in [2.45, 2.75) is 38.6 Å². The van der Waals surface area contributed by atoms with E-state index in [0.717, 1.165) is 5.56 Å². The number of amides is 2. The molecule has 7 heteroatoms. The Morgan fingerprint density at radius 2 is 1.92 bits per heavy atom. The highest BCUT2D eigenvalue weighted by atomic mass is 16.4. The Morgan fingerprint density at radius 3 is 2.50 bits per heavy atom. The summed E-state index contributed by atoms with van der Waals surface area (Å²) in [6, 6.07) is 8.42. The average Bonchev–Trinajstić information content (AvgIpc) is 3.12. The summed E-state index contributed by atoms with van der Waals surface area (Å²) in [7, 11) is 0. The van der Waals surface area contributed by atoms with E-state index >= 15 is 0 Å². The third-order valence-electron chi connectivity index (χ3n) is 4.85. The molecule has 142 valence electrons. The first-order chi connectivity index (χ1) is 12.4. The summed E-state index contributed by atoms with van der Waals surface area (Å²) in [5.74, 6) is -2.64. The van der Waals surface area contributed by atoms with E-state index < -0.39 is 23.9 Å². The average molecular weight is 362 g/mol. The van der Waals surface area contributed by atoms with Crippen LogP contribution in [0.5, 0.6) is 0 Å². The van der Waals surface area contributed by atoms with Crippen molar-refractivity contribution in [1.82, 2.24) is 9.80 Å². The molecule has 7 nitrogen and oxygen atoms in total. The van der Waals surface area contributed by atoms with Gasteiger partial charge in [-0.1, -0.05) is 30.3 Å². The minimum atomic E-state index is -1.01. The molecule has 2 N–H and O–H groups in total. The predicted octanol–water partition coefficient (Wildman–Crippen LogP) is 2.31. The van der Waals surface area contributed by atoms with Crippen LogP contribution in [-0.4, -0.2) is 63.7 Å². The molecule has 1 aromatic rings. The smallest absolute Gasteiger partial charge is 0.326 e. The lowest BCUT2D eigenvalue weighted by Gasteiger charge is -2.31. The van der Waals surface area contributed by atoms with Gasteiger partial charge in [0.25, 0.3) is 0 Å². The number of carboxylic acid groups (broad SMARTS) is 2. The molecule has 1 aromatic carbocycles. The maximum atomic E-state index is 12.7. The van der Waals surface area contributed by atoms with Crippen molar-refractivity contribution in [1.29, 1.82) is 0 Å². The topological polar surface area (TPSA) is 98.2 Å². The summed E-state index contributed by atoms with van der Waals surface area (Å²) in [4.78, 5) is 38.5. The van der Waals surface area contributed by atoms with Crippen molar-refractivity contribution in [3.8, 4) is 0 Å². The van der Waals surface area contributed by atoms with Gasteiger partial charge >= 0.3 is 18.0 Å². The normalized spacial score (nSPS) is 17.7. The number of benzene rings is 1. The number of aliphatic carboxylic acids is 2. The van der Waals surface area contributed by atoms with Crippen LogP contribution in [0.25, 0.3) is 0 Å². The minimum absolute atomic E-state index is 0.0837. The first kappa shape index (κ1) is 19.8. The Balaban J connectivity index is 2.01. The maximum absolute atomic E-state index is 12.7. The number of aryl methyl sites for hydroxylation is 1. The Bertz CT molecular complexity index is 634. The number of carboxylic acids is 2. The van der Waals surface area contributed by atoms with Crippen LogP contribution in [0.2, 0.25) is 0 Å². The lowest BCUT2D eigenvalue weighted by atomic mass is 9.99. The fraction of sp³-hybridized carbons (Fsp3) is 0.526. The zero-order valence-electron chi connectivity index (χ0n) is 15.0. The minimum Gasteiger partial charge on any atom is -0.481 e. The highest BCUT2D eigenvalue weighted by Gasteiger charge is 2.36. The van der Waals surface area contributed by atoms with Crippen LogP contribution in [0.1, 0.15) is 31.7 Å². The quantitative estimate of drug-likeness (QED) is 0.739. The summed E-state index contributed by atoms with van der Waals surface area (Å²) in [6.07, 6.45) is 2.13. The lowest BCUT2D eigenvalue weighted by molar-refractivity contribution is -0.143. The fourth-order valence-electron chi connectivity index (χ4n) is 3.32. The van der Waals surface area contributed by atoms with Crippen LogP contribution in [0.4, 0.5) is 4.79 Å². The molecule has 1 unspecified atom stereocenters. The van der Waals surface area contributed by atoms with Gasteiger partial charge in [-0.05, 0) is 38.2 Å². The Labute approximate surface area is 153 Å². The standard InChI is InChI=1S/C19H26N2O5/c1-2-20(19(26)21-12-6-9-16(21)18(24)25)13-15(17(22)23)11-10-14-7-4-3-5-8-14/h3-5,7-8,15-16H,2,6,9-13H2,1H3,(H,22,23)(H,24,25)/t15?,16-/m0/s1. The number of hydrogen-bond donors (Lipinski definition) is 2. The van der Waals surface area contributed by atoms with E-state index in [0.29, 0.717) is 38.8 Å². The molecule has 1 heterocycles. The largest absolute Gasteiger partial charge is 0.481 e. The van der Waals surface area contributed by atoms with Gasteiger partial charge in [0.15, 0.2) is 0 Å². The highest BCUT2D eigenvalue weighted by Crippen LogP contribution is 2.21. The molecule has 0 spiro atoms. The number of hydrogen-bond acceptors (Lipinski definition) is 3. The van der Waals surface area contributed by atoms with E-state index in [9.17, 15) is 24.6 Å². The monoisotopic (exact) mass is 362 g/mol. The molecule has 0 radical (unpaired) electrons. The predicted molar refractivity (Wildman–Crippen MR) is 95.9 cm³/mol. The highest BCUT2D eigenvalue weighted by molar-refractivity contribution is 5.83. The number of urea groups is 1. The first-order valence-electron chi connectivity index (χ1n) is 8.99. The fourth-order valence-corrected chi connectivity index (χ4v) is 3.32. The Kier molecular flexibility index (Phi) is 7.00. The molecular weight excluding hydrogens is 336 g/mol. The molecule has 26 heavy (non-hydrogen) atoms. The summed E-state index contributed by atoms with van der Waals surface area (Å²) >= 11 is 0. The van der Waals surface area contributed by atoms with Gasteiger partial charge in [0.2, 0.25) is 0 Å². The van der Waals surface area contributed by atoms with Gasteiger partial charge in [0, 0.05) is 19.6 Å². The molecule has 1 saturated heterocycles. The van der Waals surface area contributed by atoms with Crippen LogP contribution >= 0.6 is 0 Å². The molecule has 1 aliphatic heterocycles. The molecular formula is C19H26N2O5. The van der Waals surface area contributed by atoms with Crippen LogP contribution < -0.4 is 0 Å². The number of likely N-dealkylation sites (tertiary alicyclic amines) is 1. The SMILES string of the molecule is CCN(CC(CCc1ccccc1)C(=O)O)C(=O)N1CCC[C@H]1C(=O)O. The van der Waals surface area contributed by atoms with Gasteiger partial charge in [0.1, 0.15) is 6.04 Å². The number of carbonyl (C=O) groups is 3. The van der Waals surface area contributed by atoms with Crippen LogP contribution in [0.15, 0.2) is 30.3 Å². The zero-order valence-corrected chi connectivity index (χ0v) is 15.0. The van der Waals surface area contributed by atoms with Crippen LogP contribution in [0.3, 0.4) is 0 Å². The van der Waals surface area contributed by atoms with Crippen LogP contribution in [0, 0.1) is 5.92 Å². The number of carbonyl (C=O) groups excluding carboxylic acids is 1. The molecule has 2 rings (SSSR count). The van der Waals surface area contributed by atoms with E-state index in [1.165, 1.54) is 9.80 Å². The van der Waals surface area contributed by atoms with Crippen molar-refractivity contribution in [2.24, 2.45) is 5.92 Å². The van der Waals surface area contributed by atoms with E-state index in [1.807, 2.05) is 30.3 Å². The molecule has 1 aliphatic rings. The van der Waals surface area contributed by atoms with Crippen molar-refractivity contribution < 1.29 is 24.6 Å². The molecule has 0 aromatic heterocycles. The van der Waals surface area contributed by atoms with Crippen molar-refractivity contribution in [3.63, 3.8) is 0 Å². The molecule has 0 aliphatic carbocycles. The summed E-state index contributed by atoms with van der Waals surface area (Å²) in [5, 5.41) is 18.8. The first-order valence-corrected chi connectivity index (χ1v) is 8.99.